The Morgan fingerprint density at radius 1 is 0.167 bits per heavy atom. The number of hydrogen-bond acceptors (Lipinski definition) is 4. The maximum Gasteiger partial charge on any atom is 0.135 e. The van der Waals surface area contributed by atoms with Crippen LogP contribution in [0, 0.1) is 0 Å². The summed E-state index contributed by atoms with van der Waals surface area (Å²) < 4.78 is 17.2. The zero-order valence-electron chi connectivity index (χ0n) is 55.4. The monoisotopic (exact) mass is 1300 g/mol. The number of anilines is 6. The van der Waals surface area contributed by atoms with Crippen LogP contribution in [0.5, 0.6) is 0 Å². The van der Waals surface area contributed by atoms with Crippen LogP contribution in [0.2, 0.25) is 0 Å². The Kier molecular flexibility index (Phi) is 13.8. The maximum atomic E-state index is 6.23. The quantitative estimate of drug-likeness (QED) is 0.115. The molecule has 0 bridgehead atoms. The molecule has 0 radical (unpaired) electrons. The third-order valence-electron chi connectivity index (χ3n) is 20.5. The van der Waals surface area contributed by atoms with Gasteiger partial charge in [-0.1, -0.05) is 206 Å². The van der Waals surface area contributed by atoms with E-state index < -0.39 is 0 Å². The molecule has 0 saturated carbocycles. The molecule has 6 nitrogen and oxygen atoms in total. The lowest BCUT2D eigenvalue weighted by Crippen LogP contribution is -2.10. The SMILES string of the molecule is c1ccc(-n2c3ccccc3c3cc(-c4ccc(N(c5ccc(-c6ccc(N(c7ccc(-c8ccc9oc%10ccccc%10c9c8)cc7)c7ccc(-c8ccc9c(c8)c8ccccc8n9-c8ccccc8)cc7)cc6)cc5)c5ccc(-c6ccc7oc8ccccc8c7c6)cc5)cc4)ccc32)cc1. The van der Waals surface area contributed by atoms with Crippen LogP contribution in [-0.4, -0.2) is 9.13 Å². The summed E-state index contributed by atoms with van der Waals surface area (Å²) >= 11 is 0. The summed E-state index contributed by atoms with van der Waals surface area (Å²) in [5, 5.41) is 9.39. The zero-order valence-corrected chi connectivity index (χ0v) is 55.4. The van der Waals surface area contributed by atoms with E-state index in [1.807, 2.05) is 24.3 Å². The zero-order chi connectivity index (χ0) is 67.2. The van der Waals surface area contributed by atoms with Crippen LogP contribution in [0.3, 0.4) is 0 Å². The van der Waals surface area contributed by atoms with Crippen molar-refractivity contribution in [2.24, 2.45) is 0 Å². The summed E-state index contributed by atoms with van der Waals surface area (Å²) in [7, 11) is 0. The number of fused-ring (bicyclic) bond motifs is 12. The average Bonchev–Trinajstić information content (AvgIpc) is 1.59. The average molecular weight is 1300 g/mol. The highest BCUT2D eigenvalue weighted by atomic mass is 16.3. The molecule has 20 aromatic rings. The van der Waals surface area contributed by atoms with Gasteiger partial charge in [0.25, 0.3) is 0 Å². The molecule has 0 fully saturated rings. The largest absolute Gasteiger partial charge is 0.456 e. The summed E-state index contributed by atoms with van der Waals surface area (Å²) in [6.45, 7) is 0. The molecular formula is C96H62N4O2. The molecule has 102 heavy (non-hydrogen) atoms. The Morgan fingerprint density at radius 3 is 0.735 bits per heavy atom. The van der Waals surface area contributed by atoms with Gasteiger partial charge in [0, 0.05) is 88.6 Å². The number of benzene rings is 16. The molecule has 16 aromatic carbocycles. The standard InChI is InChI=1S/C96H62N4O2/c1-3-15-73(16-4-1)99-89-23-11-7-19-81(89)85-59-69(39-55-91(85)99)65-31-47-77(48-32-65)97(79-51-35-67(36-52-79)71-41-57-95-87(61-71)83-21-9-13-25-93(83)101-95)75-43-27-63(28-44-75)64-29-45-76(46-30-64)98(80-53-37-68(38-54-80)72-42-58-96-88(62-72)84-22-10-14-26-94(84)102-96)78-49-33-66(34-50-78)70-40-56-92-86(60-70)82-20-8-12-24-90(82)100(92)74-17-5-2-6-18-74/h1-62H. The first-order valence-corrected chi connectivity index (χ1v) is 34.8. The predicted molar refractivity (Wildman–Crippen MR) is 426 cm³/mol. The summed E-state index contributed by atoms with van der Waals surface area (Å²) in [6, 6.07) is 136. The second kappa shape index (κ2) is 24.1. The number of furan rings is 2. The van der Waals surface area contributed by atoms with Crippen LogP contribution in [0.4, 0.5) is 34.1 Å². The van der Waals surface area contributed by atoms with Gasteiger partial charge in [-0.05, 0) is 225 Å². The van der Waals surface area contributed by atoms with E-state index in [1.54, 1.807) is 0 Å². The molecule has 0 atom stereocenters. The third kappa shape index (κ3) is 10.0. The second-order valence-corrected chi connectivity index (χ2v) is 26.4. The van der Waals surface area contributed by atoms with E-state index >= 15 is 0 Å². The highest BCUT2D eigenvalue weighted by molar-refractivity contribution is 6.13. The van der Waals surface area contributed by atoms with Crippen LogP contribution >= 0.6 is 0 Å². The maximum absolute atomic E-state index is 6.23. The van der Waals surface area contributed by atoms with E-state index in [1.165, 1.54) is 54.7 Å². The van der Waals surface area contributed by atoms with Crippen molar-refractivity contribution in [1.29, 1.82) is 0 Å². The number of rotatable bonds is 13. The molecule has 0 saturated heterocycles. The Morgan fingerprint density at radius 2 is 0.402 bits per heavy atom. The molecule has 4 aromatic heterocycles. The van der Waals surface area contributed by atoms with E-state index in [4.69, 9.17) is 8.83 Å². The van der Waals surface area contributed by atoms with E-state index in [0.29, 0.717) is 0 Å². The first-order valence-electron chi connectivity index (χ1n) is 34.8. The lowest BCUT2D eigenvalue weighted by Gasteiger charge is -2.27. The minimum absolute atomic E-state index is 0.889. The van der Waals surface area contributed by atoms with Crippen molar-refractivity contribution in [3.63, 3.8) is 0 Å². The molecule has 0 aliphatic rings. The molecule has 0 spiro atoms. The molecule has 478 valence electrons. The number of nitrogens with zero attached hydrogens (tertiary/aromatic N) is 4. The molecule has 0 aliphatic carbocycles. The van der Waals surface area contributed by atoms with Crippen molar-refractivity contribution >= 4 is 122 Å². The van der Waals surface area contributed by atoms with Crippen molar-refractivity contribution in [3.8, 4) is 67.0 Å². The van der Waals surface area contributed by atoms with Gasteiger partial charge in [-0.2, -0.15) is 0 Å². The van der Waals surface area contributed by atoms with Crippen molar-refractivity contribution in [2.45, 2.75) is 0 Å². The van der Waals surface area contributed by atoms with E-state index in [9.17, 15) is 0 Å². The van der Waals surface area contributed by atoms with E-state index in [-0.39, 0.29) is 0 Å². The highest BCUT2D eigenvalue weighted by Crippen LogP contribution is 2.44. The van der Waals surface area contributed by atoms with Crippen molar-refractivity contribution in [2.75, 3.05) is 9.80 Å². The topological polar surface area (TPSA) is 42.6 Å². The van der Waals surface area contributed by atoms with E-state index in [0.717, 1.165) is 134 Å². The molecule has 4 heterocycles. The van der Waals surface area contributed by atoms with Crippen LogP contribution in [0.15, 0.2) is 385 Å². The first-order chi connectivity index (χ1) is 50.5. The lowest BCUT2D eigenvalue weighted by molar-refractivity contribution is 0.668. The number of hydrogen-bond donors (Lipinski definition) is 0. The first kappa shape index (κ1) is 58.5. The Balaban J connectivity index is 0.639. The normalized spacial score (nSPS) is 11.7. The van der Waals surface area contributed by atoms with Gasteiger partial charge in [0.05, 0.1) is 22.1 Å². The molecular weight excluding hydrogens is 1240 g/mol. The molecule has 6 heteroatoms. The van der Waals surface area contributed by atoms with Crippen molar-refractivity contribution in [1.82, 2.24) is 9.13 Å². The lowest BCUT2D eigenvalue weighted by atomic mass is 10.0. The minimum atomic E-state index is 0.889. The molecule has 0 aliphatic heterocycles. The van der Waals surface area contributed by atoms with Crippen LogP contribution in [0.25, 0.3) is 154 Å². The third-order valence-corrected chi connectivity index (χ3v) is 20.5. The number of aromatic nitrogens is 2. The minimum Gasteiger partial charge on any atom is -0.456 e. The highest BCUT2D eigenvalue weighted by Gasteiger charge is 2.21. The molecule has 20 rings (SSSR count). The van der Waals surface area contributed by atoms with Gasteiger partial charge in [-0.3, -0.25) is 0 Å². The Hall–Kier alpha value is -13.7. The van der Waals surface area contributed by atoms with Crippen LogP contribution in [-0.2, 0) is 0 Å². The number of para-hydroxylation sites is 6. The predicted octanol–water partition coefficient (Wildman–Crippen LogP) is 27.0. The van der Waals surface area contributed by atoms with Gasteiger partial charge in [-0.15, -0.1) is 0 Å². The van der Waals surface area contributed by atoms with Crippen LogP contribution < -0.4 is 9.80 Å². The van der Waals surface area contributed by atoms with Gasteiger partial charge < -0.3 is 27.8 Å². The summed E-state index contributed by atoms with van der Waals surface area (Å²) in [5.41, 5.74) is 28.3. The van der Waals surface area contributed by atoms with Crippen LogP contribution in [0.1, 0.15) is 0 Å². The van der Waals surface area contributed by atoms with Gasteiger partial charge in [0.15, 0.2) is 0 Å². The van der Waals surface area contributed by atoms with Gasteiger partial charge >= 0.3 is 0 Å². The fourth-order valence-corrected chi connectivity index (χ4v) is 15.5. The molecule has 0 unspecified atom stereocenters. The van der Waals surface area contributed by atoms with E-state index in [2.05, 4.69) is 371 Å². The molecule has 0 amide bonds. The van der Waals surface area contributed by atoms with Crippen molar-refractivity contribution in [3.05, 3.63) is 376 Å². The summed E-state index contributed by atoms with van der Waals surface area (Å²) in [6.07, 6.45) is 0. The Labute approximate surface area is 588 Å². The van der Waals surface area contributed by atoms with Gasteiger partial charge in [0.2, 0.25) is 0 Å². The van der Waals surface area contributed by atoms with Gasteiger partial charge in [0.1, 0.15) is 22.3 Å². The van der Waals surface area contributed by atoms with Crippen molar-refractivity contribution < 1.29 is 8.83 Å². The Bertz CT molecular complexity index is 6160. The smallest absolute Gasteiger partial charge is 0.135 e. The summed E-state index contributed by atoms with van der Waals surface area (Å²) in [4.78, 5) is 4.72. The summed E-state index contributed by atoms with van der Waals surface area (Å²) in [5.74, 6) is 0. The fraction of sp³-hybridized carbons (Fsp3) is 0. The molecule has 0 N–H and O–H groups in total. The van der Waals surface area contributed by atoms with Gasteiger partial charge in [-0.25, -0.2) is 0 Å². The fourth-order valence-electron chi connectivity index (χ4n) is 15.5. The second-order valence-electron chi connectivity index (χ2n) is 26.4.